The van der Waals surface area contributed by atoms with Crippen LogP contribution < -0.4 is 0 Å². The summed E-state index contributed by atoms with van der Waals surface area (Å²) in [6.45, 7) is 1.59. The van der Waals surface area contributed by atoms with Crippen LogP contribution in [0.15, 0.2) is 18.3 Å². The SMILES string of the molecule is Cc1ncc(C=CC=O)cc1F. The molecule has 0 amide bonds. The van der Waals surface area contributed by atoms with Crippen molar-refractivity contribution in [3.05, 3.63) is 35.4 Å². The molecule has 0 saturated carbocycles. The summed E-state index contributed by atoms with van der Waals surface area (Å²) in [7, 11) is 0. The first-order valence-corrected chi connectivity index (χ1v) is 3.48. The van der Waals surface area contributed by atoms with Gasteiger partial charge in [-0.25, -0.2) is 4.39 Å². The first-order valence-electron chi connectivity index (χ1n) is 3.48. The number of allylic oxidation sites excluding steroid dienone is 1. The van der Waals surface area contributed by atoms with Gasteiger partial charge in [0.2, 0.25) is 0 Å². The Morgan fingerprint density at radius 1 is 1.58 bits per heavy atom. The molecule has 0 fully saturated rings. The molecule has 0 N–H and O–H groups in total. The van der Waals surface area contributed by atoms with Crippen molar-refractivity contribution in [3.63, 3.8) is 0 Å². The molecule has 0 aliphatic heterocycles. The largest absolute Gasteiger partial charge is 0.299 e. The first-order chi connectivity index (χ1) is 5.74. The van der Waals surface area contributed by atoms with Gasteiger partial charge < -0.3 is 0 Å². The molecular weight excluding hydrogens is 157 g/mol. The minimum Gasteiger partial charge on any atom is -0.299 e. The van der Waals surface area contributed by atoms with Gasteiger partial charge in [-0.2, -0.15) is 0 Å². The molecule has 3 heteroatoms. The van der Waals surface area contributed by atoms with Gasteiger partial charge >= 0.3 is 0 Å². The van der Waals surface area contributed by atoms with Crippen LogP contribution in [-0.2, 0) is 4.79 Å². The molecule has 0 aromatic carbocycles. The number of aromatic nitrogens is 1. The smallest absolute Gasteiger partial charge is 0.144 e. The molecule has 1 rings (SSSR count). The zero-order valence-corrected chi connectivity index (χ0v) is 6.62. The Morgan fingerprint density at radius 2 is 2.33 bits per heavy atom. The molecule has 0 atom stereocenters. The van der Waals surface area contributed by atoms with E-state index in [0.717, 1.165) is 0 Å². The van der Waals surface area contributed by atoms with Gasteiger partial charge in [-0.05, 0) is 24.6 Å². The molecule has 0 unspecified atom stereocenters. The molecule has 0 aliphatic rings. The standard InChI is InChI=1S/C9H8FNO/c1-7-9(10)5-8(6-11-7)3-2-4-12/h2-6H,1H3. The number of pyridine rings is 1. The van der Waals surface area contributed by atoms with Crippen LogP contribution in [0, 0.1) is 12.7 Å². The molecule has 1 heterocycles. The average molecular weight is 165 g/mol. The number of rotatable bonds is 2. The van der Waals surface area contributed by atoms with Gasteiger partial charge in [-0.1, -0.05) is 6.08 Å². The summed E-state index contributed by atoms with van der Waals surface area (Å²) in [4.78, 5) is 13.7. The lowest BCUT2D eigenvalue weighted by molar-refractivity contribution is -0.104. The summed E-state index contributed by atoms with van der Waals surface area (Å²) in [5.41, 5.74) is 0.948. The summed E-state index contributed by atoms with van der Waals surface area (Å²) in [5.74, 6) is -0.358. The second kappa shape index (κ2) is 3.76. The third kappa shape index (κ3) is 1.99. The Morgan fingerprint density at radius 3 is 2.92 bits per heavy atom. The number of nitrogens with zero attached hydrogens (tertiary/aromatic N) is 1. The van der Waals surface area contributed by atoms with Crippen molar-refractivity contribution < 1.29 is 9.18 Å². The number of hydrogen-bond acceptors (Lipinski definition) is 2. The summed E-state index contributed by atoms with van der Waals surface area (Å²) in [5, 5.41) is 0. The molecule has 12 heavy (non-hydrogen) atoms. The number of hydrogen-bond donors (Lipinski definition) is 0. The highest BCUT2D eigenvalue weighted by molar-refractivity contribution is 5.73. The Kier molecular flexibility index (Phi) is 2.69. The number of aryl methyl sites for hydroxylation is 1. The van der Waals surface area contributed by atoms with E-state index in [2.05, 4.69) is 4.98 Å². The van der Waals surface area contributed by atoms with E-state index in [1.54, 1.807) is 6.92 Å². The zero-order valence-electron chi connectivity index (χ0n) is 6.62. The highest BCUT2D eigenvalue weighted by atomic mass is 19.1. The Balaban J connectivity index is 2.96. The van der Waals surface area contributed by atoms with E-state index < -0.39 is 0 Å². The quantitative estimate of drug-likeness (QED) is 0.493. The van der Waals surface area contributed by atoms with Gasteiger partial charge in [0.1, 0.15) is 12.1 Å². The van der Waals surface area contributed by atoms with E-state index in [0.29, 0.717) is 17.5 Å². The molecule has 0 bridgehead atoms. The molecule has 1 aromatic rings. The van der Waals surface area contributed by atoms with Gasteiger partial charge in [0.25, 0.3) is 0 Å². The lowest BCUT2D eigenvalue weighted by Gasteiger charge is -1.95. The molecule has 0 spiro atoms. The fourth-order valence-electron chi connectivity index (χ4n) is 0.763. The van der Waals surface area contributed by atoms with E-state index in [9.17, 15) is 9.18 Å². The van der Waals surface area contributed by atoms with Crippen LogP contribution in [0.1, 0.15) is 11.3 Å². The van der Waals surface area contributed by atoms with Gasteiger partial charge in [0.05, 0.1) is 5.69 Å². The highest BCUT2D eigenvalue weighted by Gasteiger charge is 1.96. The first kappa shape index (κ1) is 8.59. The minimum atomic E-state index is -0.358. The van der Waals surface area contributed by atoms with E-state index in [-0.39, 0.29) is 5.82 Å². The lowest BCUT2D eigenvalue weighted by Crippen LogP contribution is -1.87. The lowest BCUT2D eigenvalue weighted by atomic mass is 10.2. The monoisotopic (exact) mass is 165 g/mol. The third-order valence-corrected chi connectivity index (χ3v) is 1.41. The zero-order chi connectivity index (χ0) is 8.97. The summed E-state index contributed by atoms with van der Waals surface area (Å²) in [6.07, 6.45) is 4.95. The van der Waals surface area contributed by atoms with Gasteiger partial charge in [-0.15, -0.1) is 0 Å². The minimum absolute atomic E-state index is 0.358. The number of carbonyl (C=O) groups is 1. The molecule has 0 radical (unpaired) electrons. The van der Waals surface area contributed by atoms with Crippen LogP contribution in [0.25, 0.3) is 6.08 Å². The van der Waals surface area contributed by atoms with Crippen molar-refractivity contribution in [2.75, 3.05) is 0 Å². The molecule has 0 aliphatic carbocycles. The predicted molar refractivity (Wildman–Crippen MR) is 44.0 cm³/mol. The van der Waals surface area contributed by atoms with Crippen LogP contribution in [0.2, 0.25) is 0 Å². The number of aldehydes is 1. The summed E-state index contributed by atoms with van der Waals surface area (Å²) in [6, 6.07) is 1.34. The summed E-state index contributed by atoms with van der Waals surface area (Å²) < 4.78 is 12.8. The molecule has 2 nitrogen and oxygen atoms in total. The second-order valence-electron chi connectivity index (χ2n) is 2.33. The van der Waals surface area contributed by atoms with Crippen molar-refractivity contribution in [2.24, 2.45) is 0 Å². The maximum atomic E-state index is 12.8. The van der Waals surface area contributed by atoms with Crippen molar-refractivity contribution in [1.82, 2.24) is 4.98 Å². The van der Waals surface area contributed by atoms with E-state index in [1.165, 1.54) is 24.4 Å². The second-order valence-corrected chi connectivity index (χ2v) is 2.33. The van der Waals surface area contributed by atoms with Crippen LogP contribution in [0.5, 0.6) is 0 Å². The van der Waals surface area contributed by atoms with Crippen molar-refractivity contribution in [1.29, 1.82) is 0 Å². The average Bonchev–Trinajstić information content (AvgIpc) is 2.07. The topological polar surface area (TPSA) is 30.0 Å². The summed E-state index contributed by atoms with van der Waals surface area (Å²) >= 11 is 0. The van der Waals surface area contributed by atoms with Gasteiger partial charge in [0, 0.05) is 6.20 Å². The molecule has 0 saturated heterocycles. The highest BCUT2D eigenvalue weighted by Crippen LogP contribution is 2.06. The fourth-order valence-corrected chi connectivity index (χ4v) is 0.763. The Hall–Kier alpha value is -1.51. The Labute approximate surface area is 69.7 Å². The Bertz CT molecular complexity index is 320. The van der Waals surface area contributed by atoms with Crippen LogP contribution in [-0.4, -0.2) is 11.3 Å². The maximum absolute atomic E-state index is 12.8. The fraction of sp³-hybridized carbons (Fsp3) is 0.111. The van der Waals surface area contributed by atoms with E-state index in [1.807, 2.05) is 0 Å². The maximum Gasteiger partial charge on any atom is 0.144 e. The van der Waals surface area contributed by atoms with Crippen molar-refractivity contribution in [2.45, 2.75) is 6.92 Å². The van der Waals surface area contributed by atoms with Crippen molar-refractivity contribution >= 4 is 12.4 Å². The third-order valence-electron chi connectivity index (χ3n) is 1.41. The van der Waals surface area contributed by atoms with Crippen molar-refractivity contribution in [3.8, 4) is 0 Å². The van der Waals surface area contributed by atoms with E-state index in [4.69, 9.17) is 0 Å². The molecule has 1 aromatic heterocycles. The predicted octanol–water partition coefficient (Wildman–Crippen LogP) is 1.74. The van der Waals surface area contributed by atoms with Crippen LogP contribution >= 0.6 is 0 Å². The molecule has 62 valence electrons. The number of carbonyl (C=O) groups excluding carboxylic acids is 1. The van der Waals surface area contributed by atoms with Gasteiger partial charge in [-0.3, -0.25) is 9.78 Å². The number of halogens is 1. The van der Waals surface area contributed by atoms with Crippen LogP contribution in [0.4, 0.5) is 4.39 Å². The van der Waals surface area contributed by atoms with E-state index >= 15 is 0 Å². The normalized spacial score (nSPS) is 10.5. The van der Waals surface area contributed by atoms with Gasteiger partial charge in [0.15, 0.2) is 0 Å². The van der Waals surface area contributed by atoms with Crippen LogP contribution in [0.3, 0.4) is 0 Å². The molecular formula is C9H8FNO.